The van der Waals surface area contributed by atoms with Crippen LogP contribution in [0.2, 0.25) is 0 Å². The molecule has 2 aromatic rings. The van der Waals surface area contributed by atoms with Crippen molar-refractivity contribution in [3.05, 3.63) is 26.9 Å². The summed E-state index contributed by atoms with van der Waals surface area (Å²) in [6, 6.07) is 0. The van der Waals surface area contributed by atoms with Crippen LogP contribution in [0.1, 0.15) is 0 Å². The third kappa shape index (κ3) is 1.14. The Kier molecular flexibility index (Phi) is 1.59. The third-order valence-electron chi connectivity index (χ3n) is 1.36. The molecule has 0 unspecified atom stereocenters. The molecule has 0 aromatic carbocycles. The smallest absolute Gasteiger partial charge is 0.292 e. The fourth-order valence-electron chi connectivity index (χ4n) is 0.825. The minimum Gasteiger partial charge on any atom is -0.292 e. The molecule has 0 bridgehead atoms. The Morgan fingerprint density at radius 2 is 2.43 bits per heavy atom. The maximum atomic E-state index is 10.5. The third-order valence-corrected chi connectivity index (χ3v) is 1.36. The largest absolute Gasteiger partial charge is 0.480 e. The molecule has 0 aliphatic rings. The molecule has 1 N–H and O–H groups in total. The molecule has 2 rings (SSSR count). The van der Waals surface area contributed by atoms with E-state index in [1.165, 1.54) is 0 Å². The predicted octanol–water partition coefficient (Wildman–Crippen LogP) is -1.15. The molecule has 10 nitrogen and oxygen atoms in total. The van der Waals surface area contributed by atoms with Crippen LogP contribution in [0, 0.1) is 10.1 Å². The number of aromatic amines is 1. The molecule has 0 aliphatic heterocycles. The highest BCUT2D eigenvalue weighted by atomic mass is 16.6. The predicted molar refractivity (Wildman–Crippen MR) is 38.7 cm³/mol. The van der Waals surface area contributed by atoms with E-state index >= 15 is 0 Å². The van der Waals surface area contributed by atoms with Gasteiger partial charge < -0.3 is 0 Å². The van der Waals surface area contributed by atoms with E-state index in [9.17, 15) is 14.9 Å². The van der Waals surface area contributed by atoms with Crippen molar-refractivity contribution in [2.24, 2.45) is 0 Å². The van der Waals surface area contributed by atoms with Gasteiger partial charge in [-0.25, -0.2) is 4.79 Å². The van der Waals surface area contributed by atoms with Gasteiger partial charge in [-0.05, 0) is 15.2 Å². The van der Waals surface area contributed by atoms with Gasteiger partial charge in [0.1, 0.15) is 6.20 Å². The first-order valence-electron chi connectivity index (χ1n) is 3.30. The number of aromatic nitrogens is 5. The molecule has 10 heteroatoms. The highest BCUT2D eigenvalue weighted by molar-refractivity contribution is 5.42. The molecule has 0 radical (unpaired) electrons. The van der Waals surface area contributed by atoms with Crippen molar-refractivity contribution < 1.29 is 9.45 Å². The number of hydrogen-bond acceptors (Lipinski definition) is 7. The van der Waals surface area contributed by atoms with E-state index in [1.807, 2.05) is 0 Å². The first-order chi connectivity index (χ1) is 6.68. The summed E-state index contributed by atoms with van der Waals surface area (Å²) in [5, 5.41) is 22.3. The molecule has 0 amide bonds. The summed E-state index contributed by atoms with van der Waals surface area (Å²) in [7, 11) is 0. The zero-order chi connectivity index (χ0) is 10.1. The Hall–Kier alpha value is -2.52. The van der Waals surface area contributed by atoms with E-state index in [1.54, 1.807) is 0 Å². The number of hydrogen-bond donors (Lipinski definition) is 1. The standard InChI is InChI=1S/C4H2N6O4/c11-4-7-8-9(14-4)3-2(10(12)13)1-5-6-3/h1H,(H,5,6). The van der Waals surface area contributed by atoms with Crippen LogP contribution in [-0.4, -0.2) is 30.3 Å². The van der Waals surface area contributed by atoms with Crippen LogP contribution >= 0.6 is 0 Å². The Morgan fingerprint density at radius 3 is 3.00 bits per heavy atom. The number of nitro groups is 1. The average Bonchev–Trinajstić information content (AvgIpc) is 2.70. The molecule has 2 heterocycles. The molecular weight excluding hydrogens is 196 g/mol. The second kappa shape index (κ2) is 2.76. The van der Waals surface area contributed by atoms with E-state index in [0.717, 1.165) is 6.20 Å². The Labute approximate surface area is 74.3 Å². The molecule has 0 fully saturated rings. The zero-order valence-electron chi connectivity index (χ0n) is 6.45. The lowest BCUT2D eigenvalue weighted by Gasteiger charge is -1.90. The van der Waals surface area contributed by atoms with Crippen LogP contribution in [0.4, 0.5) is 5.69 Å². The van der Waals surface area contributed by atoms with Gasteiger partial charge in [-0.3, -0.25) is 19.7 Å². The van der Waals surface area contributed by atoms with Gasteiger partial charge in [0.05, 0.1) is 4.92 Å². The molecule has 0 saturated carbocycles. The highest BCUT2D eigenvalue weighted by Gasteiger charge is 2.20. The topological polar surface area (TPSA) is 133 Å². The van der Waals surface area contributed by atoms with Crippen LogP contribution in [0.3, 0.4) is 0 Å². The first kappa shape index (κ1) is 8.10. The number of nitrogens with one attached hydrogen (secondary N) is 1. The van der Waals surface area contributed by atoms with Crippen molar-refractivity contribution in [2.75, 3.05) is 0 Å². The van der Waals surface area contributed by atoms with E-state index in [2.05, 4.69) is 25.0 Å². The van der Waals surface area contributed by atoms with Gasteiger partial charge in [0.15, 0.2) is 0 Å². The van der Waals surface area contributed by atoms with Crippen molar-refractivity contribution in [3.8, 4) is 5.82 Å². The number of rotatable bonds is 2. The van der Waals surface area contributed by atoms with E-state index in [-0.39, 0.29) is 11.5 Å². The van der Waals surface area contributed by atoms with Crippen molar-refractivity contribution in [2.45, 2.75) is 0 Å². The van der Waals surface area contributed by atoms with Crippen LogP contribution in [-0.2, 0) is 0 Å². The molecule has 0 atom stereocenters. The van der Waals surface area contributed by atoms with E-state index < -0.39 is 10.7 Å². The van der Waals surface area contributed by atoms with Crippen molar-refractivity contribution in [1.29, 1.82) is 0 Å². The summed E-state index contributed by atoms with van der Waals surface area (Å²) in [5.41, 5.74) is -0.362. The van der Waals surface area contributed by atoms with Gasteiger partial charge >= 0.3 is 11.4 Å². The molecule has 14 heavy (non-hydrogen) atoms. The van der Waals surface area contributed by atoms with Gasteiger partial charge in [0.2, 0.25) is 0 Å². The van der Waals surface area contributed by atoms with Crippen LogP contribution in [0.15, 0.2) is 15.5 Å². The van der Waals surface area contributed by atoms with Crippen LogP contribution < -0.4 is 5.76 Å². The van der Waals surface area contributed by atoms with E-state index in [0.29, 0.717) is 4.85 Å². The summed E-state index contributed by atoms with van der Waals surface area (Å²) in [6.45, 7) is 0. The first-order valence-corrected chi connectivity index (χ1v) is 3.30. The van der Waals surface area contributed by atoms with Gasteiger partial charge in [-0.1, -0.05) is 0 Å². The molecule has 0 spiro atoms. The van der Waals surface area contributed by atoms with Crippen molar-refractivity contribution in [1.82, 2.24) is 25.4 Å². The number of H-pyrrole nitrogens is 1. The molecule has 72 valence electrons. The highest BCUT2D eigenvalue weighted by Crippen LogP contribution is 2.16. The zero-order valence-corrected chi connectivity index (χ0v) is 6.45. The lowest BCUT2D eigenvalue weighted by molar-refractivity contribution is -0.384. The summed E-state index contributed by atoms with van der Waals surface area (Å²) in [5.74, 6) is -1.11. The lowest BCUT2D eigenvalue weighted by atomic mass is 10.5. The van der Waals surface area contributed by atoms with Crippen molar-refractivity contribution in [3.63, 3.8) is 0 Å². The fraction of sp³-hybridized carbons (Fsp3) is 0. The molecular formula is C4H2N6O4. The SMILES string of the molecule is O=c1nnn(-c2[nH]ncc2[N+](=O)[O-])o1. The normalized spacial score (nSPS) is 10.3. The maximum Gasteiger partial charge on any atom is 0.480 e. The van der Waals surface area contributed by atoms with Gasteiger partial charge in [-0.2, -0.15) is 5.10 Å². The molecule has 2 aromatic heterocycles. The van der Waals surface area contributed by atoms with Crippen molar-refractivity contribution >= 4 is 5.69 Å². The Bertz CT molecular complexity index is 522. The van der Waals surface area contributed by atoms with E-state index in [4.69, 9.17) is 0 Å². The Morgan fingerprint density at radius 1 is 1.64 bits per heavy atom. The summed E-state index contributed by atoms with van der Waals surface area (Å²) < 4.78 is 4.38. The monoisotopic (exact) mass is 198 g/mol. The summed E-state index contributed by atoms with van der Waals surface area (Å²) in [6.07, 6.45) is 0.969. The van der Waals surface area contributed by atoms with Gasteiger partial charge in [0.25, 0.3) is 5.82 Å². The lowest BCUT2D eigenvalue weighted by Crippen LogP contribution is -2.00. The second-order valence-electron chi connectivity index (χ2n) is 2.18. The van der Waals surface area contributed by atoms with Crippen LogP contribution in [0.5, 0.6) is 0 Å². The van der Waals surface area contributed by atoms with Gasteiger partial charge in [0, 0.05) is 0 Å². The minimum atomic E-state index is -0.950. The molecule has 0 saturated heterocycles. The minimum absolute atomic E-state index is 0.162. The maximum absolute atomic E-state index is 10.5. The number of nitrogens with zero attached hydrogens (tertiary/aromatic N) is 5. The second-order valence-corrected chi connectivity index (χ2v) is 2.18. The summed E-state index contributed by atoms with van der Waals surface area (Å²) in [4.78, 5) is 20.8. The van der Waals surface area contributed by atoms with Crippen LogP contribution in [0.25, 0.3) is 5.82 Å². The Balaban J connectivity index is 2.56. The molecule has 0 aliphatic carbocycles. The summed E-state index contributed by atoms with van der Waals surface area (Å²) >= 11 is 0. The average molecular weight is 198 g/mol. The quantitative estimate of drug-likeness (QED) is 0.475. The van der Waals surface area contributed by atoms with Gasteiger partial charge in [-0.15, -0.1) is 0 Å². The fourth-order valence-corrected chi connectivity index (χ4v) is 0.825.